The predicted octanol–water partition coefficient (Wildman–Crippen LogP) is 2.79. The van der Waals surface area contributed by atoms with E-state index in [0.29, 0.717) is 11.5 Å². The third-order valence-corrected chi connectivity index (χ3v) is 3.36. The highest BCUT2D eigenvalue weighted by atomic mass is 16.5. The van der Waals surface area contributed by atoms with Crippen molar-refractivity contribution >= 4 is 16.6 Å². The predicted molar refractivity (Wildman–Crippen MR) is 86.2 cm³/mol. The average Bonchev–Trinajstić information content (AvgIpc) is 2.46. The van der Waals surface area contributed by atoms with Gasteiger partial charge in [0.15, 0.2) is 11.5 Å². The fourth-order valence-corrected chi connectivity index (χ4v) is 2.56. The first kappa shape index (κ1) is 15.4. The zero-order chi connectivity index (χ0) is 15.4. The first-order valence-electron chi connectivity index (χ1n) is 7.08. The van der Waals surface area contributed by atoms with E-state index in [-0.39, 0.29) is 12.1 Å². The summed E-state index contributed by atoms with van der Waals surface area (Å²) in [4.78, 5) is 4.47. The van der Waals surface area contributed by atoms with E-state index in [4.69, 9.17) is 15.2 Å². The summed E-state index contributed by atoms with van der Waals surface area (Å²) in [5.74, 6) is 1.39. The van der Waals surface area contributed by atoms with Crippen molar-refractivity contribution < 1.29 is 9.47 Å². The van der Waals surface area contributed by atoms with Crippen LogP contribution in [-0.4, -0.2) is 31.3 Å². The van der Waals surface area contributed by atoms with Gasteiger partial charge in [0.2, 0.25) is 0 Å². The van der Waals surface area contributed by atoms with Crippen LogP contribution >= 0.6 is 0 Å². The second-order valence-corrected chi connectivity index (χ2v) is 5.32. The molecule has 2 rings (SSSR count). The standard InChI is InChI=1S/C16H23N3O2/c1-10(17)8-11(2)19-13-9-14(20-3)16(21-4)12-6-5-7-18-15(12)13/h5-7,9-11,19H,8,17H2,1-4H3. The van der Waals surface area contributed by atoms with Crippen LogP contribution in [0.4, 0.5) is 5.69 Å². The van der Waals surface area contributed by atoms with E-state index >= 15 is 0 Å². The number of hydrogen-bond acceptors (Lipinski definition) is 5. The van der Waals surface area contributed by atoms with Gasteiger partial charge in [0.1, 0.15) is 0 Å². The van der Waals surface area contributed by atoms with Crippen molar-refractivity contribution in [2.45, 2.75) is 32.4 Å². The van der Waals surface area contributed by atoms with Gasteiger partial charge in [-0.15, -0.1) is 0 Å². The summed E-state index contributed by atoms with van der Waals surface area (Å²) in [6.07, 6.45) is 2.65. The van der Waals surface area contributed by atoms with Crippen LogP contribution in [0.1, 0.15) is 20.3 Å². The van der Waals surface area contributed by atoms with Gasteiger partial charge in [0, 0.05) is 29.7 Å². The van der Waals surface area contributed by atoms with E-state index < -0.39 is 0 Å². The van der Waals surface area contributed by atoms with Crippen LogP contribution in [0.5, 0.6) is 11.5 Å². The van der Waals surface area contributed by atoms with Gasteiger partial charge in [0.25, 0.3) is 0 Å². The van der Waals surface area contributed by atoms with Crippen LogP contribution in [0, 0.1) is 0 Å². The Morgan fingerprint density at radius 1 is 1.29 bits per heavy atom. The Bertz CT molecular complexity index is 614. The van der Waals surface area contributed by atoms with E-state index in [1.165, 1.54) is 0 Å². The number of benzene rings is 1. The van der Waals surface area contributed by atoms with Gasteiger partial charge in [-0.05, 0) is 32.4 Å². The van der Waals surface area contributed by atoms with Gasteiger partial charge in [-0.25, -0.2) is 0 Å². The molecule has 114 valence electrons. The van der Waals surface area contributed by atoms with Crippen molar-refractivity contribution in [1.82, 2.24) is 4.98 Å². The number of anilines is 1. The van der Waals surface area contributed by atoms with E-state index in [9.17, 15) is 0 Å². The zero-order valence-corrected chi connectivity index (χ0v) is 13.0. The largest absolute Gasteiger partial charge is 0.493 e. The van der Waals surface area contributed by atoms with Crippen LogP contribution in [0.15, 0.2) is 24.4 Å². The summed E-state index contributed by atoms with van der Waals surface area (Å²) in [6.45, 7) is 4.11. The number of hydrogen-bond donors (Lipinski definition) is 2. The molecule has 1 aromatic heterocycles. The summed E-state index contributed by atoms with van der Waals surface area (Å²) < 4.78 is 10.9. The summed E-state index contributed by atoms with van der Waals surface area (Å²) >= 11 is 0. The zero-order valence-electron chi connectivity index (χ0n) is 13.0. The molecule has 0 aliphatic heterocycles. The van der Waals surface area contributed by atoms with Crippen molar-refractivity contribution in [3.63, 3.8) is 0 Å². The minimum Gasteiger partial charge on any atom is -0.493 e. The van der Waals surface area contributed by atoms with E-state index in [0.717, 1.165) is 23.0 Å². The summed E-state index contributed by atoms with van der Waals surface area (Å²) in [7, 11) is 3.27. The quantitative estimate of drug-likeness (QED) is 0.855. The van der Waals surface area contributed by atoms with Crippen molar-refractivity contribution in [1.29, 1.82) is 0 Å². The molecule has 0 saturated heterocycles. The Morgan fingerprint density at radius 3 is 2.67 bits per heavy atom. The SMILES string of the molecule is COc1cc(NC(C)CC(C)N)c2ncccc2c1OC. The second-order valence-electron chi connectivity index (χ2n) is 5.32. The molecular formula is C16H23N3O2. The van der Waals surface area contributed by atoms with Gasteiger partial charge >= 0.3 is 0 Å². The monoisotopic (exact) mass is 289 g/mol. The highest BCUT2D eigenvalue weighted by molar-refractivity contribution is 5.97. The minimum absolute atomic E-state index is 0.145. The average molecular weight is 289 g/mol. The molecule has 0 bridgehead atoms. The normalized spacial score (nSPS) is 13.8. The Morgan fingerprint density at radius 2 is 2.05 bits per heavy atom. The molecule has 5 heteroatoms. The van der Waals surface area contributed by atoms with Crippen LogP contribution in [0.2, 0.25) is 0 Å². The molecule has 0 aliphatic rings. The van der Waals surface area contributed by atoms with E-state index in [1.54, 1.807) is 20.4 Å². The minimum atomic E-state index is 0.145. The molecule has 0 saturated carbocycles. The number of rotatable bonds is 6. The van der Waals surface area contributed by atoms with Crippen molar-refractivity contribution in [2.75, 3.05) is 19.5 Å². The fraction of sp³-hybridized carbons (Fsp3) is 0.438. The lowest BCUT2D eigenvalue weighted by atomic mass is 10.1. The van der Waals surface area contributed by atoms with Crippen molar-refractivity contribution in [3.05, 3.63) is 24.4 Å². The fourth-order valence-electron chi connectivity index (χ4n) is 2.56. The van der Waals surface area contributed by atoms with Gasteiger partial charge in [-0.2, -0.15) is 0 Å². The molecule has 2 unspecified atom stereocenters. The van der Waals surface area contributed by atoms with Crippen LogP contribution in [0.25, 0.3) is 10.9 Å². The maximum atomic E-state index is 5.86. The summed E-state index contributed by atoms with van der Waals surface area (Å²) in [6, 6.07) is 6.18. The molecule has 0 aliphatic carbocycles. The number of ether oxygens (including phenoxy) is 2. The molecule has 0 spiro atoms. The van der Waals surface area contributed by atoms with Gasteiger partial charge in [-0.3, -0.25) is 4.98 Å². The molecule has 2 aromatic rings. The number of nitrogens with zero attached hydrogens (tertiary/aromatic N) is 1. The molecule has 5 nitrogen and oxygen atoms in total. The third kappa shape index (κ3) is 3.36. The van der Waals surface area contributed by atoms with E-state index in [2.05, 4.69) is 17.2 Å². The number of nitrogens with two attached hydrogens (primary N) is 1. The number of fused-ring (bicyclic) bond motifs is 1. The summed E-state index contributed by atoms with van der Waals surface area (Å²) in [5.41, 5.74) is 7.66. The van der Waals surface area contributed by atoms with Crippen LogP contribution < -0.4 is 20.5 Å². The first-order chi connectivity index (χ1) is 10.1. The van der Waals surface area contributed by atoms with Crippen LogP contribution in [-0.2, 0) is 0 Å². The van der Waals surface area contributed by atoms with Crippen molar-refractivity contribution in [2.24, 2.45) is 5.73 Å². The Hall–Kier alpha value is -2.01. The molecule has 1 aromatic carbocycles. The smallest absolute Gasteiger partial charge is 0.170 e. The topological polar surface area (TPSA) is 69.4 Å². The Kier molecular flexibility index (Phi) is 4.85. The van der Waals surface area contributed by atoms with E-state index in [1.807, 2.05) is 25.1 Å². The molecule has 1 heterocycles. The maximum Gasteiger partial charge on any atom is 0.170 e. The van der Waals surface area contributed by atoms with Gasteiger partial charge in [0.05, 0.1) is 25.4 Å². The molecule has 3 N–H and O–H groups in total. The number of nitrogens with one attached hydrogen (secondary N) is 1. The lowest BCUT2D eigenvalue weighted by Gasteiger charge is -2.20. The highest BCUT2D eigenvalue weighted by Crippen LogP contribution is 2.39. The lowest BCUT2D eigenvalue weighted by molar-refractivity contribution is 0.358. The molecule has 0 fully saturated rings. The maximum absolute atomic E-state index is 5.86. The van der Waals surface area contributed by atoms with Gasteiger partial charge in [-0.1, -0.05) is 0 Å². The molecule has 2 atom stereocenters. The number of methoxy groups -OCH3 is 2. The molecule has 21 heavy (non-hydrogen) atoms. The Balaban J connectivity index is 2.48. The van der Waals surface area contributed by atoms with Gasteiger partial charge < -0.3 is 20.5 Å². The first-order valence-corrected chi connectivity index (χ1v) is 7.08. The number of pyridine rings is 1. The molecular weight excluding hydrogens is 266 g/mol. The molecule has 0 radical (unpaired) electrons. The summed E-state index contributed by atoms with van der Waals surface area (Å²) in [5, 5.41) is 4.39. The second kappa shape index (κ2) is 6.63. The Labute approximate surface area is 125 Å². The highest BCUT2D eigenvalue weighted by Gasteiger charge is 2.15. The molecule has 0 amide bonds. The van der Waals surface area contributed by atoms with Crippen molar-refractivity contribution in [3.8, 4) is 11.5 Å². The van der Waals surface area contributed by atoms with Crippen LogP contribution in [0.3, 0.4) is 0 Å². The number of aromatic nitrogens is 1. The lowest BCUT2D eigenvalue weighted by Crippen LogP contribution is -2.26. The third-order valence-electron chi connectivity index (χ3n) is 3.36.